The molecule has 1 heterocycles. The van der Waals surface area contributed by atoms with Crippen LogP contribution in [-0.4, -0.2) is 23.2 Å². The molecule has 5 nitrogen and oxygen atoms in total. The second-order valence-corrected chi connectivity index (χ2v) is 6.96. The van der Waals surface area contributed by atoms with Crippen molar-refractivity contribution in [1.82, 2.24) is 9.97 Å². The van der Waals surface area contributed by atoms with Crippen molar-refractivity contribution in [2.45, 2.75) is 40.2 Å². The Balaban J connectivity index is 1.97. The number of hydrogen-bond donors (Lipinski definition) is 1. The summed E-state index contributed by atoms with van der Waals surface area (Å²) in [5, 5.41) is 9.67. The summed E-state index contributed by atoms with van der Waals surface area (Å²) in [6, 6.07) is 12.0. The Morgan fingerprint density at radius 2 is 1.96 bits per heavy atom. The first-order valence-electron chi connectivity index (χ1n) is 9.39. The fraction of sp³-hybridized carbons (Fsp3) is 0.304. The molecule has 0 bridgehead atoms. The van der Waals surface area contributed by atoms with Crippen molar-refractivity contribution in [1.29, 1.82) is 5.26 Å². The van der Waals surface area contributed by atoms with Crippen LogP contribution in [0.3, 0.4) is 0 Å². The van der Waals surface area contributed by atoms with Crippen molar-refractivity contribution < 1.29 is 9.47 Å². The van der Waals surface area contributed by atoms with E-state index in [9.17, 15) is 5.26 Å². The Kier molecular flexibility index (Phi) is 5.70. The lowest BCUT2D eigenvalue weighted by molar-refractivity contribution is 0.207. The third-order valence-corrected chi connectivity index (χ3v) is 4.87. The third-order valence-electron chi connectivity index (χ3n) is 4.87. The maximum Gasteiger partial charge on any atom is 0.161 e. The lowest BCUT2D eigenvalue weighted by atomic mass is 10.1. The number of rotatable bonds is 6. The quantitative estimate of drug-likeness (QED) is 0.583. The minimum absolute atomic E-state index is 0.104. The molecule has 2 aromatic carbocycles. The summed E-state index contributed by atoms with van der Waals surface area (Å²) >= 11 is 0. The summed E-state index contributed by atoms with van der Waals surface area (Å²) < 4.78 is 11.4. The number of allylic oxidation sites excluding steroid dienone is 1. The van der Waals surface area contributed by atoms with Crippen LogP contribution in [-0.2, 0) is 0 Å². The van der Waals surface area contributed by atoms with Gasteiger partial charge in [0.1, 0.15) is 11.9 Å². The van der Waals surface area contributed by atoms with Crippen molar-refractivity contribution in [2.24, 2.45) is 0 Å². The minimum Gasteiger partial charge on any atom is -0.493 e. The van der Waals surface area contributed by atoms with Crippen molar-refractivity contribution in [3.8, 4) is 17.6 Å². The largest absolute Gasteiger partial charge is 0.493 e. The summed E-state index contributed by atoms with van der Waals surface area (Å²) in [7, 11) is 1.61. The molecule has 1 atom stereocenters. The normalized spacial score (nSPS) is 12.6. The summed E-state index contributed by atoms with van der Waals surface area (Å²) in [6.07, 6.45) is 2.81. The van der Waals surface area contributed by atoms with Gasteiger partial charge in [0.25, 0.3) is 0 Å². The number of benzene rings is 2. The fourth-order valence-electron chi connectivity index (χ4n) is 2.89. The molecule has 0 aliphatic carbocycles. The topological polar surface area (TPSA) is 70.9 Å². The zero-order chi connectivity index (χ0) is 20.3. The van der Waals surface area contributed by atoms with Crippen LogP contribution in [0.1, 0.15) is 42.8 Å². The Bertz CT molecular complexity index is 1030. The van der Waals surface area contributed by atoms with E-state index in [0.29, 0.717) is 22.9 Å². The van der Waals surface area contributed by atoms with E-state index in [1.54, 1.807) is 13.2 Å². The van der Waals surface area contributed by atoms with Crippen LogP contribution in [0.5, 0.6) is 11.5 Å². The molecule has 0 amide bonds. The first-order chi connectivity index (χ1) is 13.4. The standard InChI is InChI=1S/C23H25N3O2/c1-6-16(4)28-21-8-7-17(12-22(21)27-5)11-18(13-24)23-25-19-9-14(2)15(3)10-20(19)26-23/h7-12,16H,6H2,1-5H3,(H,25,26)/b18-11-/t16-/m0/s1. The molecule has 5 heteroatoms. The number of nitrogens with one attached hydrogen (secondary N) is 1. The van der Waals surface area contributed by atoms with E-state index in [1.165, 1.54) is 11.1 Å². The Hall–Kier alpha value is -3.26. The summed E-state index contributed by atoms with van der Waals surface area (Å²) in [5.41, 5.74) is 5.45. The van der Waals surface area contributed by atoms with Crippen molar-refractivity contribution in [3.63, 3.8) is 0 Å². The molecule has 0 unspecified atom stereocenters. The van der Waals surface area contributed by atoms with E-state index in [1.807, 2.05) is 31.2 Å². The van der Waals surface area contributed by atoms with Gasteiger partial charge in [-0.05, 0) is 74.2 Å². The molecule has 0 fully saturated rings. The predicted octanol–water partition coefficient (Wildman–Crippen LogP) is 5.43. The van der Waals surface area contributed by atoms with Gasteiger partial charge in [0.05, 0.1) is 29.8 Å². The van der Waals surface area contributed by atoms with Gasteiger partial charge >= 0.3 is 0 Å². The monoisotopic (exact) mass is 375 g/mol. The highest BCUT2D eigenvalue weighted by molar-refractivity contribution is 5.90. The smallest absolute Gasteiger partial charge is 0.161 e. The van der Waals surface area contributed by atoms with Crippen molar-refractivity contribution >= 4 is 22.7 Å². The zero-order valence-corrected chi connectivity index (χ0v) is 17.0. The average Bonchev–Trinajstić information content (AvgIpc) is 3.09. The molecule has 1 N–H and O–H groups in total. The molecule has 0 aliphatic rings. The van der Waals surface area contributed by atoms with Crippen LogP contribution in [0.25, 0.3) is 22.7 Å². The van der Waals surface area contributed by atoms with Gasteiger partial charge in [-0.1, -0.05) is 13.0 Å². The number of H-pyrrole nitrogens is 1. The molecule has 3 rings (SSSR count). The maximum absolute atomic E-state index is 9.67. The van der Waals surface area contributed by atoms with Crippen LogP contribution in [0.4, 0.5) is 0 Å². The van der Waals surface area contributed by atoms with Gasteiger partial charge in [0.15, 0.2) is 11.5 Å². The third kappa shape index (κ3) is 4.01. The van der Waals surface area contributed by atoms with E-state index >= 15 is 0 Å². The summed E-state index contributed by atoms with van der Waals surface area (Å²) in [4.78, 5) is 7.84. The number of aryl methyl sites for hydroxylation is 2. The van der Waals surface area contributed by atoms with E-state index < -0.39 is 0 Å². The molecule has 3 aromatic rings. The molecule has 0 saturated heterocycles. The van der Waals surface area contributed by atoms with Gasteiger partial charge in [-0.25, -0.2) is 4.98 Å². The first kappa shape index (κ1) is 19.5. The summed E-state index contributed by atoms with van der Waals surface area (Å²) in [6.45, 7) is 8.21. The molecule has 0 radical (unpaired) electrons. The number of ether oxygens (including phenoxy) is 2. The number of methoxy groups -OCH3 is 1. The van der Waals surface area contributed by atoms with E-state index in [-0.39, 0.29) is 6.10 Å². The second kappa shape index (κ2) is 8.18. The van der Waals surface area contributed by atoms with Crippen LogP contribution in [0.15, 0.2) is 30.3 Å². The van der Waals surface area contributed by atoms with Gasteiger partial charge < -0.3 is 14.5 Å². The SMILES string of the molecule is CC[C@H](C)Oc1ccc(/C=C(/C#N)c2nc3cc(C)c(C)cc3[nH]2)cc1OC. The predicted molar refractivity (Wildman–Crippen MR) is 112 cm³/mol. The molecule has 28 heavy (non-hydrogen) atoms. The van der Waals surface area contributed by atoms with Gasteiger partial charge in [0, 0.05) is 0 Å². The minimum atomic E-state index is 0.104. The first-order valence-corrected chi connectivity index (χ1v) is 9.39. The highest BCUT2D eigenvalue weighted by atomic mass is 16.5. The molecular weight excluding hydrogens is 350 g/mol. The number of fused-ring (bicyclic) bond motifs is 1. The van der Waals surface area contributed by atoms with Crippen LogP contribution < -0.4 is 9.47 Å². The van der Waals surface area contributed by atoms with E-state index in [2.05, 4.69) is 42.9 Å². The maximum atomic E-state index is 9.67. The lowest BCUT2D eigenvalue weighted by Gasteiger charge is -2.15. The van der Waals surface area contributed by atoms with Crippen LogP contribution >= 0.6 is 0 Å². The average molecular weight is 375 g/mol. The number of nitrogens with zero attached hydrogens (tertiary/aromatic N) is 2. The molecule has 0 aliphatic heterocycles. The number of hydrogen-bond acceptors (Lipinski definition) is 4. The zero-order valence-electron chi connectivity index (χ0n) is 17.0. The fourth-order valence-corrected chi connectivity index (χ4v) is 2.89. The van der Waals surface area contributed by atoms with E-state index in [0.717, 1.165) is 23.0 Å². The van der Waals surface area contributed by atoms with Crippen LogP contribution in [0, 0.1) is 25.2 Å². The molecular formula is C23H25N3O2. The van der Waals surface area contributed by atoms with Gasteiger partial charge in [0.2, 0.25) is 0 Å². The van der Waals surface area contributed by atoms with E-state index in [4.69, 9.17) is 9.47 Å². The number of imidazole rings is 1. The Morgan fingerprint density at radius 1 is 1.21 bits per heavy atom. The Morgan fingerprint density at radius 3 is 2.64 bits per heavy atom. The van der Waals surface area contributed by atoms with Crippen LogP contribution in [0.2, 0.25) is 0 Å². The summed E-state index contributed by atoms with van der Waals surface area (Å²) in [5.74, 6) is 1.89. The van der Waals surface area contributed by atoms with Crippen molar-refractivity contribution in [2.75, 3.05) is 7.11 Å². The van der Waals surface area contributed by atoms with Gasteiger partial charge in [-0.15, -0.1) is 0 Å². The van der Waals surface area contributed by atoms with Gasteiger partial charge in [-0.2, -0.15) is 5.26 Å². The Labute approximate surface area is 165 Å². The molecule has 144 valence electrons. The van der Waals surface area contributed by atoms with Gasteiger partial charge in [-0.3, -0.25) is 0 Å². The highest BCUT2D eigenvalue weighted by Gasteiger charge is 2.12. The van der Waals surface area contributed by atoms with Crippen molar-refractivity contribution in [3.05, 3.63) is 52.8 Å². The number of aromatic amines is 1. The highest BCUT2D eigenvalue weighted by Crippen LogP contribution is 2.31. The lowest BCUT2D eigenvalue weighted by Crippen LogP contribution is -2.10. The number of nitriles is 1. The number of aromatic nitrogens is 2. The second-order valence-electron chi connectivity index (χ2n) is 6.96. The molecule has 1 aromatic heterocycles. The molecule has 0 saturated carbocycles. The molecule has 0 spiro atoms.